The van der Waals surface area contributed by atoms with Crippen molar-refractivity contribution < 1.29 is 28.9 Å². The van der Waals surface area contributed by atoms with Crippen LogP contribution in [0.15, 0.2) is 152 Å². The molecule has 0 spiro atoms. The van der Waals surface area contributed by atoms with Crippen molar-refractivity contribution in [2.75, 3.05) is 0 Å². The Morgan fingerprint density at radius 3 is 1.25 bits per heavy atom. The van der Waals surface area contributed by atoms with E-state index in [0.717, 1.165) is 0 Å². The topological polar surface area (TPSA) is 92.2 Å². The number of allylic oxidation sites excluding steroid dienone is 1. The van der Waals surface area contributed by atoms with Crippen LogP contribution in [0.25, 0.3) is 11.1 Å². The quantitative estimate of drug-likeness (QED) is 0.0618. The van der Waals surface area contributed by atoms with E-state index in [1.165, 1.54) is 85.3 Å². The zero-order chi connectivity index (χ0) is 36.6. The first-order chi connectivity index (χ1) is 24.6. The zero-order valence-electron chi connectivity index (χ0n) is 30.1. The molecule has 4 nitrogen and oxygen atoms in total. The van der Waals surface area contributed by atoms with Crippen molar-refractivity contribution in [3.63, 3.8) is 0 Å². The fourth-order valence-electron chi connectivity index (χ4n) is 7.35. The molecule has 0 aromatic heterocycles. The van der Waals surface area contributed by atoms with Gasteiger partial charge in [-0.05, 0) is 36.4 Å². The summed E-state index contributed by atoms with van der Waals surface area (Å²) in [6.07, 6.45) is 10.3. The average molecular weight is 830 g/mol. The predicted octanol–water partition coefficient (Wildman–Crippen LogP) is 6.38. The number of aryl methyl sites for hydroxylation is 1. The number of benzene rings is 5. The van der Waals surface area contributed by atoms with Crippen LogP contribution in [0.1, 0.15) is 51.5 Å². The normalized spacial score (nSPS) is 11.8. The fourth-order valence-corrected chi connectivity index (χ4v) is 26.2. The first-order valence-corrected chi connectivity index (χ1v) is 29.2. The van der Waals surface area contributed by atoms with Gasteiger partial charge in [-0.15, -0.1) is 10.2 Å². The van der Waals surface area contributed by atoms with Crippen LogP contribution < -0.4 is 39.9 Å². The van der Waals surface area contributed by atoms with Crippen LogP contribution in [0.4, 0.5) is 0 Å². The summed E-state index contributed by atoms with van der Waals surface area (Å²) in [5, 5.41) is 5.54. The van der Waals surface area contributed by atoms with Crippen LogP contribution in [0.2, 0.25) is 17.7 Å². The summed E-state index contributed by atoms with van der Waals surface area (Å²) >= 11 is -2.14. The third-order valence-electron chi connectivity index (χ3n) is 9.84. The maximum atomic E-state index is 8.49. The van der Waals surface area contributed by atoms with E-state index in [4.69, 9.17) is 18.6 Å². The van der Waals surface area contributed by atoms with Crippen molar-refractivity contribution in [3.8, 4) is 11.1 Å². The van der Waals surface area contributed by atoms with Crippen molar-refractivity contribution >= 4 is 46.9 Å². The summed E-state index contributed by atoms with van der Waals surface area (Å²) < 4.78 is 40.0. The van der Waals surface area contributed by atoms with E-state index in [2.05, 4.69) is 166 Å². The molecular formula is C44H52ClO4PSn. The number of halogens is 1. The molecule has 51 heavy (non-hydrogen) atoms. The van der Waals surface area contributed by atoms with Crippen molar-refractivity contribution in [1.82, 2.24) is 0 Å². The van der Waals surface area contributed by atoms with Gasteiger partial charge in [0, 0.05) is 0 Å². The molecule has 0 N–H and O–H groups in total. The first kappa shape index (κ1) is 41.0. The van der Waals surface area contributed by atoms with Gasteiger partial charge in [0.15, 0.2) is 0 Å². The Balaban J connectivity index is 0.00000109. The molecule has 0 radical (unpaired) electrons. The molecule has 5 aromatic carbocycles. The minimum atomic E-state index is -4.94. The molecule has 0 atom stereocenters. The molecule has 0 saturated carbocycles. The van der Waals surface area contributed by atoms with Gasteiger partial charge >= 0.3 is 179 Å². The second-order valence-electron chi connectivity index (χ2n) is 13.4. The summed E-state index contributed by atoms with van der Waals surface area (Å²) in [6, 6.07) is 52.3. The Kier molecular flexibility index (Phi) is 16.4. The Hall–Kier alpha value is -2.80. The van der Waals surface area contributed by atoms with Crippen LogP contribution in [0, 0.1) is 10.2 Å². The number of hydrogen-bond donors (Lipinski definition) is 0. The minimum Gasteiger partial charge on any atom is -0.222 e. The molecule has 0 bridgehead atoms. The van der Waals surface area contributed by atoms with Crippen molar-refractivity contribution in [2.45, 2.75) is 70.1 Å². The maximum absolute atomic E-state index is 8.49. The number of hydrogen-bond acceptors (Lipinski definition) is 4. The monoisotopic (exact) mass is 830 g/mol. The van der Waals surface area contributed by atoms with E-state index in [9.17, 15) is 0 Å². The van der Waals surface area contributed by atoms with E-state index in [0.29, 0.717) is 0 Å². The van der Waals surface area contributed by atoms with Gasteiger partial charge in [-0.3, -0.25) is 0 Å². The Morgan fingerprint density at radius 2 is 0.882 bits per heavy atom. The van der Waals surface area contributed by atoms with Crippen molar-refractivity contribution in [2.24, 2.45) is 0 Å². The molecule has 5 rings (SSSR count). The molecule has 0 saturated heterocycles. The molecule has 268 valence electrons. The average Bonchev–Trinajstić information content (AvgIpc) is 3.15. The third kappa shape index (κ3) is 11.9. The zero-order valence-corrected chi connectivity index (χ0v) is 34.6. The molecule has 0 aliphatic rings. The first-order valence-electron chi connectivity index (χ1n) is 18.1. The van der Waals surface area contributed by atoms with Gasteiger partial charge < -0.3 is 0 Å². The van der Waals surface area contributed by atoms with Crippen LogP contribution >= 0.6 is 7.26 Å². The molecule has 0 fully saturated rings. The molecule has 0 heterocycles. The standard InChI is InChI=1S/C33H29P.2C4H9.C3H5.ClHO4.Sn/c1-2-12-27-19-21-28(22-20-27)29-23-25-33(26-24-29)34(30-13-6-3-7-14-30,31-15-8-4-9-16-31)32-17-10-5-11-18-32;2*1-3-4-2;1-3-2;2-1(3,4)5;/h3-11,13-26H,1-2,12H2;2*1,3-4H2,2H3;3H,1-2H2;(H,2,3,4,5);/q+1;;;;;/p-1. The number of unbranched alkanes of at least 4 members (excludes halogenated alkanes) is 2. The van der Waals surface area contributed by atoms with E-state index in [1.54, 1.807) is 8.87 Å². The summed E-state index contributed by atoms with van der Waals surface area (Å²) in [6.45, 7) is 8.89. The molecule has 0 aliphatic carbocycles. The molecule has 7 heteroatoms. The largest absolute Gasteiger partial charge is 0.222 e. The summed E-state index contributed by atoms with van der Waals surface area (Å²) in [5.41, 5.74) is 4.06. The molecular weight excluding hydrogens is 778 g/mol. The van der Waals surface area contributed by atoms with Crippen LogP contribution in [-0.2, 0) is 6.42 Å². The smallest absolute Gasteiger partial charge is 0.112 e. The second kappa shape index (κ2) is 20.4. The fraction of sp³-hybridized carbons (Fsp3) is 0.273. The van der Waals surface area contributed by atoms with E-state index in [1.807, 2.05) is 0 Å². The van der Waals surface area contributed by atoms with Gasteiger partial charge in [0.1, 0.15) is 15.9 Å². The minimum absolute atomic E-state index is 1.20. The molecule has 0 aliphatic heterocycles. The van der Waals surface area contributed by atoms with Crippen LogP contribution in [0.5, 0.6) is 0 Å². The van der Waals surface area contributed by atoms with Crippen molar-refractivity contribution in [3.05, 3.63) is 158 Å². The van der Waals surface area contributed by atoms with E-state index < -0.39 is 35.9 Å². The predicted molar refractivity (Wildman–Crippen MR) is 210 cm³/mol. The van der Waals surface area contributed by atoms with Gasteiger partial charge in [-0.2, -0.15) is 0 Å². The summed E-state index contributed by atoms with van der Waals surface area (Å²) in [4.78, 5) is 0. The van der Waals surface area contributed by atoms with E-state index >= 15 is 0 Å². The maximum Gasteiger partial charge on any atom is -0.112 e. The Labute approximate surface area is 312 Å². The van der Waals surface area contributed by atoms with Gasteiger partial charge in [0.25, 0.3) is 0 Å². The van der Waals surface area contributed by atoms with Crippen molar-refractivity contribution in [1.29, 1.82) is 0 Å². The van der Waals surface area contributed by atoms with Gasteiger partial charge in [0.2, 0.25) is 0 Å². The number of rotatable bonds is 17. The Morgan fingerprint density at radius 1 is 0.529 bits per heavy atom. The molecule has 0 unspecified atom stereocenters. The SMILES string of the molecule is C=C[CH2][Sn]([CH2]CCC)([CH2]CCC)[CH2]CCc1ccc(-c2ccc([P+](c3ccccc3)(c3ccccc3)c3ccccc3)cc2)cc1.[O-][Cl+3]([O-])([O-])[O-]. The van der Waals surface area contributed by atoms with Gasteiger partial charge in [0.05, 0.1) is 0 Å². The second-order valence-corrected chi connectivity index (χ2v) is 31.5. The summed E-state index contributed by atoms with van der Waals surface area (Å²) in [7, 11) is -7.02. The van der Waals surface area contributed by atoms with Crippen LogP contribution in [-0.4, -0.2) is 18.4 Å². The Bertz CT molecular complexity index is 1600. The van der Waals surface area contributed by atoms with Gasteiger partial charge in [-0.1, -0.05) is 54.6 Å². The van der Waals surface area contributed by atoms with E-state index in [-0.39, 0.29) is 0 Å². The molecule has 0 amide bonds. The van der Waals surface area contributed by atoms with Crippen LogP contribution in [0.3, 0.4) is 0 Å². The van der Waals surface area contributed by atoms with Gasteiger partial charge in [-0.25, -0.2) is 18.6 Å². The summed E-state index contributed by atoms with van der Waals surface area (Å²) in [5.74, 6) is 0. The third-order valence-corrected chi connectivity index (χ3v) is 29.5. The molecule has 5 aromatic rings.